The number of amides is 1. The van der Waals surface area contributed by atoms with Crippen LogP contribution in [0.2, 0.25) is 0 Å². The van der Waals surface area contributed by atoms with Crippen LogP contribution in [0.5, 0.6) is 0 Å². The number of nitrogens with zero attached hydrogens (tertiary/aromatic N) is 7. The van der Waals surface area contributed by atoms with Crippen molar-refractivity contribution in [1.29, 1.82) is 0 Å². The van der Waals surface area contributed by atoms with E-state index in [1.165, 1.54) is 16.4 Å². The summed E-state index contributed by atoms with van der Waals surface area (Å²) in [6.07, 6.45) is -0.434. The van der Waals surface area contributed by atoms with Crippen LogP contribution >= 0.6 is 0 Å². The third kappa shape index (κ3) is 3.85. The average Bonchev–Trinajstić information content (AvgIpc) is 3.43. The maximum Gasteiger partial charge on any atom is 0.256 e. The van der Waals surface area contributed by atoms with Crippen LogP contribution in [-0.2, 0) is 11.3 Å². The van der Waals surface area contributed by atoms with Gasteiger partial charge >= 0.3 is 0 Å². The first-order valence-electron chi connectivity index (χ1n) is 10.4. The van der Waals surface area contributed by atoms with Gasteiger partial charge < -0.3 is 14.8 Å². The lowest BCUT2D eigenvalue weighted by Crippen LogP contribution is -2.31. The average molecular weight is 458 g/mol. The molecule has 0 saturated carbocycles. The minimum Gasteiger partial charge on any atom is -0.345 e. The number of rotatable bonds is 5. The third-order valence-corrected chi connectivity index (χ3v) is 5.80. The Balaban J connectivity index is 1.44. The Labute approximate surface area is 186 Å². The standard InChI is InChI=1S/C21H21F3N8O/c1-11-26-16-4-3-15(27-20(16)31(11)10-19(23)24)13-5-6-32-18(13)7-25-21(29-32)28-17-9-30(12(2)33)8-14(17)22/h3-7,14,17,19H,8-10H2,1-2H3,(H,28,29)/t14-,17+/m0/s1. The zero-order valence-electron chi connectivity index (χ0n) is 17.9. The van der Waals surface area contributed by atoms with E-state index in [4.69, 9.17) is 0 Å². The lowest BCUT2D eigenvalue weighted by molar-refractivity contribution is -0.128. The second kappa shape index (κ2) is 8.01. The predicted molar refractivity (Wildman–Crippen MR) is 115 cm³/mol. The van der Waals surface area contributed by atoms with Crippen molar-refractivity contribution in [3.8, 4) is 11.3 Å². The fraction of sp³-hybridized carbons (Fsp3) is 0.381. The Hall–Kier alpha value is -3.70. The molecule has 0 spiro atoms. The smallest absolute Gasteiger partial charge is 0.256 e. The summed E-state index contributed by atoms with van der Waals surface area (Å²) in [5.74, 6) is 0.525. The van der Waals surface area contributed by atoms with Gasteiger partial charge in [0.2, 0.25) is 11.9 Å². The summed E-state index contributed by atoms with van der Waals surface area (Å²) in [5, 5.41) is 7.35. The van der Waals surface area contributed by atoms with Gasteiger partial charge in [-0.2, -0.15) is 0 Å². The van der Waals surface area contributed by atoms with Gasteiger partial charge in [-0.05, 0) is 25.1 Å². The molecule has 1 aliphatic heterocycles. The number of carbonyl (C=O) groups is 1. The van der Waals surface area contributed by atoms with Crippen LogP contribution in [0, 0.1) is 6.92 Å². The quantitative estimate of drug-likeness (QED) is 0.494. The molecule has 0 radical (unpaired) electrons. The molecule has 0 aliphatic carbocycles. The molecule has 1 N–H and O–H groups in total. The van der Waals surface area contributed by atoms with Crippen LogP contribution in [0.15, 0.2) is 30.6 Å². The lowest BCUT2D eigenvalue weighted by atomic mass is 10.2. The highest BCUT2D eigenvalue weighted by molar-refractivity contribution is 5.82. The fourth-order valence-electron chi connectivity index (χ4n) is 4.13. The molecule has 0 aromatic carbocycles. The Morgan fingerprint density at radius 3 is 2.79 bits per heavy atom. The number of aryl methyl sites for hydroxylation is 1. The van der Waals surface area contributed by atoms with E-state index >= 15 is 0 Å². The van der Waals surface area contributed by atoms with Crippen LogP contribution in [0.1, 0.15) is 12.7 Å². The highest BCUT2D eigenvalue weighted by Crippen LogP contribution is 2.27. The van der Waals surface area contributed by atoms with Gasteiger partial charge in [0.15, 0.2) is 5.65 Å². The number of anilines is 1. The molecule has 0 bridgehead atoms. The van der Waals surface area contributed by atoms with Crippen LogP contribution in [0.3, 0.4) is 0 Å². The summed E-state index contributed by atoms with van der Waals surface area (Å²) >= 11 is 0. The Kier molecular flexibility index (Phi) is 5.14. The maximum absolute atomic E-state index is 14.3. The zero-order chi connectivity index (χ0) is 23.3. The lowest BCUT2D eigenvalue weighted by Gasteiger charge is -2.15. The van der Waals surface area contributed by atoms with E-state index in [0.717, 1.165) is 5.56 Å². The van der Waals surface area contributed by atoms with Crippen LogP contribution in [-0.4, -0.2) is 71.7 Å². The molecule has 33 heavy (non-hydrogen) atoms. The number of nitrogens with one attached hydrogen (secondary N) is 1. The van der Waals surface area contributed by atoms with Crippen molar-refractivity contribution in [1.82, 2.24) is 34.0 Å². The largest absolute Gasteiger partial charge is 0.345 e. The van der Waals surface area contributed by atoms with Crippen LogP contribution in [0.25, 0.3) is 27.9 Å². The van der Waals surface area contributed by atoms with Crippen LogP contribution in [0.4, 0.5) is 19.1 Å². The minimum absolute atomic E-state index is 0.0404. The predicted octanol–water partition coefficient (Wildman–Crippen LogP) is 2.70. The molecule has 1 saturated heterocycles. The second-order valence-electron chi connectivity index (χ2n) is 8.03. The summed E-state index contributed by atoms with van der Waals surface area (Å²) in [4.78, 5) is 26.1. The molecule has 1 aliphatic rings. The number of fused-ring (bicyclic) bond motifs is 2. The van der Waals surface area contributed by atoms with E-state index in [2.05, 4.69) is 25.4 Å². The molecular weight excluding hydrogens is 437 g/mol. The van der Waals surface area contributed by atoms with Gasteiger partial charge in [-0.25, -0.2) is 32.6 Å². The normalized spacial score (nSPS) is 18.7. The summed E-state index contributed by atoms with van der Waals surface area (Å²) in [6.45, 7) is 2.88. The molecule has 12 heteroatoms. The monoisotopic (exact) mass is 458 g/mol. The number of likely N-dealkylation sites (tertiary alicyclic amines) is 1. The van der Waals surface area contributed by atoms with E-state index in [1.807, 2.05) is 0 Å². The van der Waals surface area contributed by atoms with Crippen molar-refractivity contribution in [2.24, 2.45) is 0 Å². The van der Waals surface area contributed by atoms with Crippen molar-refractivity contribution >= 4 is 28.5 Å². The fourth-order valence-corrected chi connectivity index (χ4v) is 4.13. The SMILES string of the molecule is CC(=O)N1C[C@H](F)[C@H](Nc2ncc3c(-c4ccc5nc(C)n(CC(F)F)c5n4)ccn3n2)C1. The van der Waals surface area contributed by atoms with E-state index < -0.39 is 25.2 Å². The summed E-state index contributed by atoms with van der Waals surface area (Å²) in [7, 11) is 0. The molecule has 4 aromatic heterocycles. The van der Waals surface area contributed by atoms with Gasteiger partial charge in [-0.1, -0.05) is 0 Å². The molecular formula is C21H21F3N8O. The molecule has 172 valence electrons. The number of carbonyl (C=O) groups excluding carboxylic acids is 1. The van der Waals surface area contributed by atoms with Crippen LogP contribution < -0.4 is 5.32 Å². The summed E-state index contributed by atoms with van der Waals surface area (Å²) in [5.41, 5.74) is 2.87. The van der Waals surface area contributed by atoms with E-state index in [0.29, 0.717) is 28.2 Å². The van der Waals surface area contributed by atoms with Gasteiger partial charge in [0, 0.05) is 25.2 Å². The van der Waals surface area contributed by atoms with Crippen molar-refractivity contribution in [3.05, 3.63) is 36.4 Å². The molecule has 5 rings (SSSR count). The van der Waals surface area contributed by atoms with Crippen molar-refractivity contribution < 1.29 is 18.0 Å². The molecule has 4 aromatic rings. The number of pyridine rings is 1. The Morgan fingerprint density at radius 2 is 2.06 bits per heavy atom. The van der Waals surface area contributed by atoms with Gasteiger partial charge in [0.1, 0.15) is 17.5 Å². The third-order valence-electron chi connectivity index (χ3n) is 5.80. The molecule has 5 heterocycles. The Bertz CT molecular complexity index is 1350. The highest BCUT2D eigenvalue weighted by Gasteiger charge is 2.34. The number of aromatic nitrogens is 6. The first-order valence-corrected chi connectivity index (χ1v) is 10.4. The van der Waals surface area contributed by atoms with Gasteiger partial charge in [-0.3, -0.25) is 4.79 Å². The Morgan fingerprint density at radius 1 is 1.24 bits per heavy atom. The molecule has 2 atom stereocenters. The number of alkyl halides is 3. The van der Waals surface area contributed by atoms with Crippen molar-refractivity contribution in [2.45, 2.75) is 39.0 Å². The van der Waals surface area contributed by atoms with Crippen molar-refractivity contribution in [2.75, 3.05) is 18.4 Å². The topological polar surface area (TPSA) is 93.2 Å². The maximum atomic E-state index is 14.3. The highest BCUT2D eigenvalue weighted by atomic mass is 19.3. The van der Waals surface area contributed by atoms with Gasteiger partial charge in [-0.15, -0.1) is 5.10 Å². The molecule has 1 amide bonds. The van der Waals surface area contributed by atoms with E-state index in [1.54, 1.807) is 42.0 Å². The minimum atomic E-state index is -2.52. The van der Waals surface area contributed by atoms with E-state index in [9.17, 15) is 18.0 Å². The van der Waals surface area contributed by atoms with Gasteiger partial charge in [0.25, 0.3) is 6.43 Å². The molecule has 0 unspecified atom stereocenters. The first kappa shape index (κ1) is 21.2. The summed E-state index contributed by atoms with van der Waals surface area (Å²) in [6, 6.07) is 4.72. The summed E-state index contributed by atoms with van der Waals surface area (Å²) < 4.78 is 43.3. The van der Waals surface area contributed by atoms with E-state index in [-0.39, 0.29) is 24.9 Å². The molecule has 9 nitrogen and oxygen atoms in total. The van der Waals surface area contributed by atoms with Gasteiger partial charge in [0.05, 0.1) is 36.5 Å². The zero-order valence-corrected chi connectivity index (χ0v) is 17.9. The second-order valence-corrected chi connectivity index (χ2v) is 8.03. The first-order chi connectivity index (χ1) is 15.8. The number of imidazole rings is 1. The number of halogens is 3. The number of hydrogen-bond acceptors (Lipinski definition) is 6. The molecule has 1 fully saturated rings. The number of hydrogen-bond donors (Lipinski definition) is 1. The van der Waals surface area contributed by atoms with Crippen molar-refractivity contribution in [3.63, 3.8) is 0 Å².